The third kappa shape index (κ3) is 4.42. The molecule has 0 saturated carbocycles. The minimum absolute atomic E-state index is 0.0686. The Labute approximate surface area is 178 Å². The van der Waals surface area contributed by atoms with E-state index in [9.17, 15) is 18.0 Å². The summed E-state index contributed by atoms with van der Waals surface area (Å²) in [6, 6.07) is 13.7. The summed E-state index contributed by atoms with van der Waals surface area (Å²) in [5.74, 6) is -0.383. The van der Waals surface area contributed by atoms with E-state index < -0.39 is 24.2 Å². The van der Waals surface area contributed by atoms with Gasteiger partial charge in [-0.05, 0) is 36.6 Å². The number of benzene rings is 2. The van der Waals surface area contributed by atoms with E-state index >= 15 is 0 Å². The number of carbonyl (C=O) groups excluding carboxylic acids is 1. The first kappa shape index (κ1) is 21.0. The van der Waals surface area contributed by atoms with Crippen LogP contribution in [0, 0.1) is 6.92 Å². The van der Waals surface area contributed by atoms with Gasteiger partial charge in [-0.25, -0.2) is 4.68 Å². The zero-order chi connectivity index (χ0) is 22.2. The molecule has 1 aliphatic heterocycles. The van der Waals surface area contributed by atoms with Crippen molar-refractivity contribution >= 4 is 17.4 Å². The van der Waals surface area contributed by atoms with Gasteiger partial charge in [0.25, 0.3) is 5.91 Å². The normalized spacial score (nSPS) is 18.2. The Morgan fingerprint density at radius 1 is 1.16 bits per heavy atom. The molecule has 1 aromatic heterocycles. The summed E-state index contributed by atoms with van der Waals surface area (Å²) in [5.41, 5.74) is 3.40. The van der Waals surface area contributed by atoms with Gasteiger partial charge in [0.2, 0.25) is 0 Å². The monoisotopic (exact) mass is 428 g/mol. The first-order valence-corrected chi connectivity index (χ1v) is 10.1. The Balaban J connectivity index is 1.61. The van der Waals surface area contributed by atoms with E-state index in [-0.39, 0.29) is 17.9 Å². The van der Waals surface area contributed by atoms with Gasteiger partial charge >= 0.3 is 6.18 Å². The van der Waals surface area contributed by atoms with Crippen LogP contribution < -0.4 is 10.6 Å². The summed E-state index contributed by atoms with van der Waals surface area (Å²) in [6.45, 7) is 3.95. The minimum Gasteiger partial charge on any atom is -0.363 e. The number of anilines is 2. The number of carbonyl (C=O) groups is 1. The maximum absolute atomic E-state index is 13.8. The van der Waals surface area contributed by atoms with Crippen molar-refractivity contribution in [2.45, 2.75) is 44.9 Å². The van der Waals surface area contributed by atoms with Crippen LogP contribution in [0.25, 0.3) is 0 Å². The molecule has 0 unspecified atom stereocenters. The largest absolute Gasteiger partial charge is 0.410 e. The number of halogens is 3. The highest BCUT2D eigenvalue weighted by Gasteiger charge is 2.46. The lowest BCUT2D eigenvalue weighted by atomic mass is 9.96. The average Bonchev–Trinajstić information content (AvgIpc) is 3.17. The van der Waals surface area contributed by atoms with Gasteiger partial charge in [-0.15, -0.1) is 0 Å². The lowest BCUT2D eigenvalue weighted by molar-refractivity contribution is -0.173. The Hall–Kier alpha value is -3.29. The van der Waals surface area contributed by atoms with Gasteiger partial charge in [0, 0.05) is 18.2 Å². The molecule has 0 fully saturated rings. The zero-order valence-electron chi connectivity index (χ0n) is 17.2. The molecule has 2 N–H and O–H groups in total. The van der Waals surface area contributed by atoms with E-state index in [0.717, 1.165) is 27.8 Å². The molecular weight excluding hydrogens is 405 g/mol. The van der Waals surface area contributed by atoms with Gasteiger partial charge in [-0.1, -0.05) is 48.9 Å². The van der Waals surface area contributed by atoms with E-state index in [4.69, 9.17) is 0 Å². The summed E-state index contributed by atoms with van der Waals surface area (Å²) in [4.78, 5) is 12.6. The van der Waals surface area contributed by atoms with Crippen LogP contribution in [-0.4, -0.2) is 21.9 Å². The lowest BCUT2D eigenvalue weighted by Crippen LogP contribution is -2.35. The number of aryl methyl sites for hydroxylation is 2. The molecule has 3 aromatic rings. The molecule has 31 heavy (non-hydrogen) atoms. The maximum Gasteiger partial charge on any atom is 0.410 e. The van der Waals surface area contributed by atoms with E-state index in [2.05, 4.69) is 15.7 Å². The fourth-order valence-corrected chi connectivity index (χ4v) is 3.72. The highest BCUT2D eigenvalue weighted by Crippen LogP contribution is 2.43. The lowest BCUT2D eigenvalue weighted by Gasteiger charge is -2.33. The molecule has 0 aliphatic carbocycles. The molecule has 1 aliphatic rings. The highest BCUT2D eigenvalue weighted by atomic mass is 19.4. The summed E-state index contributed by atoms with van der Waals surface area (Å²) in [6.07, 6.45) is -3.83. The van der Waals surface area contributed by atoms with Crippen LogP contribution in [0.2, 0.25) is 0 Å². The summed E-state index contributed by atoms with van der Waals surface area (Å²) in [7, 11) is 0. The van der Waals surface area contributed by atoms with Crippen LogP contribution in [-0.2, 0) is 6.42 Å². The highest BCUT2D eigenvalue weighted by molar-refractivity contribution is 6.03. The first-order valence-electron chi connectivity index (χ1n) is 10.1. The quantitative estimate of drug-likeness (QED) is 0.563. The molecule has 8 heteroatoms. The molecule has 0 saturated heterocycles. The van der Waals surface area contributed by atoms with Crippen LogP contribution in [0.3, 0.4) is 0 Å². The molecule has 2 heterocycles. The Kier molecular flexibility index (Phi) is 5.47. The van der Waals surface area contributed by atoms with Crippen LogP contribution in [0.4, 0.5) is 24.7 Å². The van der Waals surface area contributed by atoms with E-state index in [1.165, 1.54) is 6.07 Å². The summed E-state index contributed by atoms with van der Waals surface area (Å²) >= 11 is 0. The fraction of sp³-hybridized carbons (Fsp3) is 0.304. The molecule has 1 amide bonds. The number of hydrogen-bond donors (Lipinski definition) is 2. The molecule has 0 spiro atoms. The van der Waals surface area contributed by atoms with Crippen molar-refractivity contribution in [1.29, 1.82) is 0 Å². The van der Waals surface area contributed by atoms with Crippen molar-refractivity contribution in [3.05, 3.63) is 77.0 Å². The second-order valence-electron chi connectivity index (χ2n) is 7.76. The number of alkyl halides is 3. The number of rotatable bonds is 4. The Bertz CT molecular complexity index is 1070. The third-order valence-electron chi connectivity index (χ3n) is 5.52. The predicted octanol–water partition coefficient (Wildman–Crippen LogP) is 5.67. The molecular formula is C23H23F3N4O. The van der Waals surface area contributed by atoms with Crippen molar-refractivity contribution in [2.24, 2.45) is 0 Å². The van der Waals surface area contributed by atoms with Gasteiger partial charge in [0.1, 0.15) is 5.82 Å². The number of fused-ring (bicyclic) bond motifs is 1. The molecule has 0 radical (unpaired) electrons. The zero-order valence-corrected chi connectivity index (χ0v) is 17.2. The van der Waals surface area contributed by atoms with E-state index in [0.29, 0.717) is 5.69 Å². The topological polar surface area (TPSA) is 59.0 Å². The van der Waals surface area contributed by atoms with E-state index in [1.54, 1.807) is 12.1 Å². The van der Waals surface area contributed by atoms with E-state index in [1.807, 2.05) is 50.2 Å². The van der Waals surface area contributed by atoms with Gasteiger partial charge in [0.05, 0.1) is 6.04 Å². The number of nitrogens with zero attached hydrogens (tertiary/aromatic N) is 2. The number of aromatic nitrogens is 2. The van der Waals surface area contributed by atoms with Gasteiger partial charge in [-0.2, -0.15) is 18.3 Å². The maximum atomic E-state index is 13.8. The second-order valence-corrected chi connectivity index (χ2v) is 7.76. The van der Waals surface area contributed by atoms with Crippen LogP contribution >= 0.6 is 0 Å². The van der Waals surface area contributed by atoms with Crippen molar-refractivity contribution in [3.8, 4) is 0 Å². The van der Waals surface area contributed by atoms with Crippen molar-refractivity contribution < 1.29 is 18.0 Å². The van der Waals surface area contributed by atoms with Crippen molar-refractivity contribution in [1.82, 2.24) is 9.78 Å². The fourth-order valence-electron chi connectivity index (χ4n) is 3.72. The molecule has 2 atom stereocenters. The predicted molar refractivity (Wildman–Crippen MR) is 113 cm³/mol. The summed E-state index contributed by atoms with van der Waals surface area (Å²) in [5, 5.41) is 9.80. The number of amides is 1. The van der Waals surface area contributed by atoms with Gasteiger partial charge in [-0.3, -0.25) is 4.79 Å². The molecule has 4 rings (SSSR count). The van der Waals surface area contributed by atoms with Gasteiger partial charge < -0.3 is 10.6 Å². The molecule has 0 bridgehead atoms. The van der Waals surface area contributed by atoms with Crippen LogP contribution in [0.5, 0.6) is 0 Å². The Morgan fingerprint density at radius 3 is 2.45 bits per heavy atom. The first-order chi connectivity index (χ1) is 14.7. The smallest absolute Gasteiger partial charge is 0.363 e. The van der Waals surface area contributed by atoms with Crippen LogP contribution in [0.15, 0.2) is 54.6 Å². The second kappa shape index (κ2) is 8.09. The number of nitrogens with one attached hydrogen (secondary N) is 2. The minimum atomic E-state index is -4.49. The standard InChI is InChI=1S/C23H23F3N4O/c1-3-15-6-10-17(11-7-15)27-22(31)19-13-21-28-18(16-8-4-14(2)5-9-16)12-20(23(24,25)26)30(21)29-19/h4-11,13,18,20,28H,3,12H2,1-2H3,(H,27,31)/t18-,20+/m1/s1. The average molecular weight is 428 g/mol. The van der Waals surface area contributed by atoms with Crippen LogP contribution in [0.1, 0.15) is 52.6 Å². The third-order valence-corrected chi connectivity index (χ3v) is 5.52. The molecule has 162 valence electrons. The molecule has 5 nitrogen and oxygen atoms in total. The Morgan fingerprint density at radius 2 is 1.84 bits per heavy atom. The molecule has 2 aromatic carbocycles. The summed E-state index contributed by atoms with van der Waals surface area (Å²) < 4.78 is 42.3. The van der Waals surface area contributed by atoms with Crippen molar-refractivity contribution in [2.75, 3.05) is 10.6 Å². The number of hydrogen-bond acceptors (Lipinski definition) is 3. The SMILES string of the molecule is CCc1ccc(NC(=O)c2cc3n(n2)[C@H](C(F)(F)F)C[C@H](c2ccc(C)cc2)N3)cc1. The van der Waals surface area contributed by atoms with Crippen molar-refractivity contribution in [3.63, 3.8) is 0 Å². The van der Waals surface area contributed by atoms with Gasteiger partial charge in [0.15, 0.2) is 11.7 Å².